The maximum Gasteiger partial charge on any atom is 0.233 e. The number of rotatable bonds is 5. The molecule has 3 aliphatic carbocycles. The molecule has 1 N–H and O–H groups in total. The van der Waals surface area contributed by atoms with Crippen molar-refractivity contribution in [2.45, 2.75) is 31.1 Å². The molecule has 3 aromatic rings. The zero-order chi connectivity index (χ0) is 31.6. The van der Waals surface area contributed by atoms with E-state index in [1.807, 2.05) is 66.7 Å². The molecule has 2 amide bonds. The van der Waals surface area contributed by atoms with Gasteiger partial charge >= 0.3 is 0 Å². The third-order valence-electron chi connectivity index (χ3n) is 10.4. The number of hydrogen-bond acceptors (Lipinski definition) is 6. The van der Waals surface area contributed by atoms with Crippen molar-refractivity contribution in [1.82, 2.24) is 4.90 Å². The van der Waals surface area contributed by atoms with Gasteiger partial charge in [-0.25, -0.2) is 0 Å². The lowest BCUT2D eigenvalue weighted by Gasteiger charge is -2.55. The second kappa shape index (κ2) is 10.8. The number of likely N-dealkylation sites (tertiary alicyclic amines) is 1. The third-order valence-corrected chi connectivity index (χ3v) is 10.7. The van der Waals surface area contributed by atoms with Gasteiger partial charge in [-0.3, -0.25) is 24.1 Å². The zero-order valence-corrected chi connectivity index (χ0v) is 25.7. The molecule has 1 saturated carbocycles. The van der Waals surface area contributed by atoms with Crippen LogP contribution in [0, 0.1) is 23.7 Å². The predicted molar refractivity (Wildman–Crippen MR) is 169 cm³/mol. The molecule has 228 valence electrons. The number of amides is 2. The maximum atomic E-state index is 15.0. The van der Waals surface area contributed by atoms with Crippen molar-refractivity contribution < 1.29 is 29.0 Å². The lowest BCUT2D eigenvalue weighted by molar-refractivity contribution is -0.140. The Hall–Kier alpha value is -4.49. The molecule has 0 radical (unpaired) electrons. The average Bonchev–Trinajstić information content (AvgIpc) is 3.32. The molecule has 1 aliphatic heterocycles. The number of halogens is 1. The Balaban J connectivity index is 1.54. The SMILES string of the molecule is CCN1C(=O)C2CC=C3C(CC4C(=O)C(c5ccccc5)=CC(=O)C4(c4ccccc4)C3c3cc(Cl)c(O)c(OC)c3)C2C1=O. The van der Waals surface area contributed by atoms with Crippen molar-refractivity contribution in [3.8, 4) is 11.5 Å². The quantitative estimate of drug-likeness (QED) is 0.281. The number of Topliss-reactive ketones (excluding diaryl/α,β-unsaturated/α-hetero) is 1. The van der Waals surface area contributed by atoms with Gasteiger partial charge in [0.2, 0.25) is 11.8 Å². The number of phenolic OH excluding ortho intramolecular Hbond substituents is 1. The first-order chi connectivity index (χ1) is 21.7. The number of fused-ring (bicyclic) bond motifs is 4. The number of aromatic hydroxyl groups is 1. The number of hydrogen-bond donors (Lipinski definition) is 1. The summed E-state index contributed by atoms with van der Waals surface area (Å²) in [4.78, 5) is 58.4. The molecule has 6 unspecified atom stereocenters. The van der Waals surface area contributed by atoms with Gasteiger partial charge in [-0.15, -0.1) is 0 Å². The molecule has 3 aromatic carbocycles. The molecule has 1 saturated heterocycles. The van der Waals surface area contributed by atoms with Crippen molar-refractivity contribution in [2.24, 2.45) is 23.7 Å². The normalized spacial score (nSPS) is 29.0. The topological polar surface area (TPSA) is 101 Å². The molecule has 0 aromatic heterocycles. The van der Waals surface area contributed by atoms with Crippen LogP contribution in [0.4, 0.5) is 0 Å². The summed E-state index contributed by atoms with van der Waals surface area (Å²) in [6, 6.07) is 21.8. The fraction of sp³-hybridized carbons (Fsp3) is 0.297. The Morgan fingerprint density at radius 1 is 0.956 bits per heavy atom. The lowest BCUT2D eigenvalue weighted by atomic mass is 9.44. The minimum absolute atomic E-state index is 0.0416. The molecule has 0 bridgehead atoms. The molecular formula is C37H32ClNO6. The second-order valence-corrected chi connectivity index (χ2v) is 12.7. The standard InChI is InChI=1S/C37H32ClNO6/c1-3-39-35(43)24-15-14-23-26(31(24)36(39)44)18-27-33(41)25(20-10-6-4-7-11-20)19-30(40)37(27,22-12-8-5-9-13-22)32(23)21-16-28(38)34(42)29(17-21)45-2/h4-14,16-17,19,24,26-27,31-32,42H,3,15,18H2,1-2H3. The summed E-state index contributed by atoms with van der Waals surface area (Å²) in [5, 5.41) is 10.7. The highest BCUT2D eigenvalue weighted by Crippen LogP contribution is 2.64. The zero-order valence-electron chi connectivity index (χ0n) is 24.9. The number of ether oxygens (including phenoxy) is 1. The van der Waals surface area contributed by atoms with Gasteiger partial charge in [0.25, 0.3) is 0 Å². The molecule has 45 heavy (non-hydrogen) atoms. The highest BCUT2D eigenvalue weighted by Gasteiger charge is 2.65. The first-order valence-corrected chi connectivity index (χ1v) is 15.6. The van der Waals surface area contributed by atoms with Crippen LogP contribution in [0.25, 0.3) is 5.57 Å². The Morgan fingerprint density at radius 3 is 2.31 bits per heavy atom. The molecule has 2 fully saturated rings. The van der Waals surface area contributed by atoms with Crippen LogP contribution in [0.1, 0.15) is 42.4 Å². The Kier molecular flexibility index (Phi) is 7.04. The van der Waals surface area contributed by atoms with Gasteiger partial charge in [0.15, 0.2) is 23.1 Å². The van der Waals surface area contributed by atoms with Crippen molar-refractivity contribution in [3.63, 3.8) is 0 Å². The molecule has 7 nitrogen and oxygen atoms in total. The number of phenols is 1. The minimum Gasteiger partial charge on any atom is -0.503 e. The summed E-state index contributed by atoms with van der Waals surface area (Å²) in [6.45, 7) is 2.06. The van der Waals surface area contributed by atoms with E-state index in [0.717, 1.165) is 5.57 Å². The van der Waals surface area contributed by atoms with Crippen LogP contribution in [0.15, 0.2) is 90.5 Å². The van der Waals surface area contributed by atoms with Crippen LogP contribution < -0.4 is 4.74 Å². The summed E-state index contributed by atoms with van der Waals surface area (Å²) in [6.07, 6.45) is 4.05. The highest BCUT2D eigenvalue weighted by molar-refractivity contribution is 6.33. The third kappa shape index (κ3) is 4.10. The Labute approximate surface area is 266 Å². The number of methoxy groups -OCH3 is 1. The largest absolute Gasteiger partial charge is 0.503 e. The van der Waals surface area contributed by atoms with Gasteiger partial charge in [0, 0.05) is 24.0 Å². The van der Waals surface area contributed by atoms with Crippen LogP contribution in [0.2, 0.25) is 5.02 Å². The van der Waals surface area contributed by atoms with Gasteiger partial charge in [-0.05, 0) is 60.6 Å². The van der Waals surface area contributed by atoms with Gasteiger partial charge in [-0.2, -0.15) is 0 Å². The van der Waals surface area contributed by atoms with Crippen molar-refractivity contribution in [1.29, 1.82) is 0 Å². The van der Waals surface area contributed by atoms with E-state index in [1.165, 1.54) is 18.1 Å². The number of carbonyl (C=O) groups excluding carboxylic acids is 4. The van der Waals surface area contributed by atoms with E-state index >= 15 is 0 Å². The maximum absolute atomic E-state index is 15.0. The van der Waals surface area contributed by atoms with E-state index in [2.05, 4.69) is 0 Å². The molecule has 7 rings (SSSR count). The molecule has 1 heterocycles. The van der Waals surface area contributed by atoms with E-state index in [9.17, 15) is 24.3 Å². The van der Waals surface area contributed by atoms with E-state index in [-0.39, 0.29) is 52.9 Å². The van der Waals surface area contributed by atoms with Gasteiger partial charge < -0.3 is 9.84 Å². The average molecular weight is 622 g/mol. The smallest absolute Gasteiger partial charge is 0.233 e. The summed E-state index contributed by atoms with van der Waals surface area (Å²) in [5.74, 6) is -4.14. The van der Waals surface area contributed by atoms with E-state index in [4.69, 9.17) is 16.3 Å². The van der Waals surface area contributed by atoms with Crippen LogP contribution >= 0.6 is 11.6 Å². The molecule has 4 aliphatic rings. The number of carbonyl (C=O) groups is 4. The van der Waals surface area contributed by atoms with Gasteiger partial charge in [-0.1, -0.05) is 83.9 Å². The number of nitrogens with zero attached hydrogens (tertiary/aromatic N) is 1. The van der Waals surface area contributed by atoms with Crippen LogP contribution in [0.3, 0.4) is 0 Å². The summed E-state index contributed by atoms with van der Waals surface area (Å²) in [7, 11) is 1.42. The summed E-state index contributed by atoms with van der Waals surface area (Å²) in [5.41, 5.74) is 1.69. The summed E-state index contributed by atoms with van der Waals surface area (Å²) >= 11 is 6.58. The molecular weight excluding hydrogens is 590 g/mol. The highest BCUT2D eigenvalue weighted by atomic mass is 35.5. The monoisotopic (exact) mass is 621 g/mol. The molecule has 8 heteroatoms. The lowest BCUT2D eigenvalue weighted by Crippen LogP contribution is -2.58. The first-order valence-electron chi connectivity index (χ1n) is 15.3. The van der Waals surface area contributed by atoms with Crippen LogP contribution in [0.5, 0.6) is 11.5 Å². The fourth-order valence-corrected chi connectivity index (χ4v) is 8.76. The number of allylic oxidation sites excluding steroid dienone is 4. The number of ketones is 2. The van der Waals surface area contributed by atoms with Crippen molar-refractivity contribution >= 4 is 40.6 Å². The predicted octanol–water partition coefficient (Wildman–Crippen LogP) is 5.90. The fourth-order valence-electron chi connectivity index (χ4n) is 8.54. The Bertz CT molecular complexity index is 1810. The second-order valence-electron chi connectivity index (χ2n) is 12.3. The van der Waals surface area contributed by atoms with Crippen LogP contribution in [-0.2, 0) is 24.6 Å². The van der Waals surface area contributed by atoms with E-state index in [0.29, 0.717) is 28.7 Å². The Morgan fingerprint density at radius 2 is 1.64 bits per heavy atom. The van der Waals surface area contributed by atoms with Crippen molar-refractivity contribution in [3.05, 3.63) is 112 Å². The number of imide groups is 1. The van der Waals surface area contributed by atoms with E-state index in [1.54, 1.807) is 19.1 Å². The van der Waals surface area contributed by atoms with Crippen LogP contribution in [-0.4, -0.2) is 47.0 Å². The number of benzene rings is 3. The molecule has 0 spiro atoms. The van der Waals surface area contributed by atoms with Gasteiger partial charge in [0.05, 0.1) is 29.4 Å². The first kappa shape index (κ1) is 29.2. The van der Waals surface area contributed by atoms with Crippen molar-refractivity contribution in [2.75, 3.05) is 13.7 Å². The minimum atomic E-state index is -1.38. The van der Waals surface area contributed by atoms with Gasteiger partial charge in [0.1, 0.15) is 0 Å². The molecule has 6 atom stereocenters. The summed E-state index contributed by atoms with van der Waals surface area (Å²) < 4.78 is 5.50. The van der Waals surface area contributed by atoms with E-state index < -0.39 is 35.0 Å².